The van der Waals surface area contributed by atoms with Gasteiger partial charge in [0.05, 0.1) is 5.69 Å². The summed E-state index contributed by atoms with van der Waals surface area (Å²) >= 11 is 0. The van der Waals surface area contributed by atoms with Gasteiger partial charge < -0.3 is 10.6 Å². The first kappa shape index (κ1) is 14.3. The zero-order valence-electron chi connectivity index (χ0n) is 12.1. The molecule has 1 heterocycles. The second kappa shape index (κ2) is 5.91. The van der Waals surface area contributed by atoms with E-state index in [4.69, 9.17) is 5.73 Å². The second-order valence-electron chi connectivity index (χ2n) is 5.94. The summed E-state index contributed by atoms with van der Waals surface area (Å²) in [6.45, 7) is 7.05. The summed E-state index contributed by atoms with van der Waals surface area (Å²) < 4.78 is 14.1. The molecule has 0 aliphatic carbocycles. The fourth-order valence-corrected chi connectivity index (χ4v) is 2.90. The lowest BCUT2D eigenvalue weighted by Gasteiger charge is -2.40. The second-order valence-corrected chi connectivity index (χ2v) is 5.94. The molecular formula is C16H25FN2. The van der Waals surface area contributed by atoms with Crippen molar-refractivity contribution in [2.75, 3.05) is 24.5 Å². The van der Waals surface area contributed by atoms with E-state index in [2.05, 4.69) is 18.7 Å². The van der Waals surface area contributed by atoms with E-state index < -0.39 is 0 Å². The van der Waals surface area contributed by atoms with Gasteiger partial charge in [0, 0.05) is 13.1 Å². The molecule has 0 bridgehead atoms. The summed E-state index contributed by atoms with van der Waals surface area (Å²) in [5, 5.41) is 0. The Bertz CT molecular complexity index is 423. The van der Waals surface area contributed by atoms with Gasteiger partial charge in [0.25, 0.3) is 0 Å². The standard InChI is InChI=1S/C16H25FN2/c1-3-16(2)8-11-19(12-9-16)15-13(7-10-18)5-4-6-14(15)17/h4-6H,3,7-12,18H2,1-2H3. The van der Waals surface area contributed by atoms with Crippen molar-refractivity contribution in [2.45, 2.75) is 39.5 Å². The van der Waals surface area contributed by atoms with Crippen molar-refractivity contribution in [3.05, 3.63) is 29.6 Å². The number of hydrogen-bond acceptors (Lipinski definition) is 2. The van der Waals surface area contributed by atoms with Crippen molar-refractivity contribution in [3.63, 3.8) is 0 Å². The lowest BCUT2D eigenvalue weighted by atomic mass is 9.78. The van der Waals surface area contributed by atoms with Gasteiger partial charge in [0.15, 0.2) is 0 Å². The molecule has 0 spiro atoms. The molecule has 2 rings (SSSR count). The largest absolute Gasteiger partial charge is 0.369 e. The zero-order valence-corrected chi connectivity index (χ0v) is 12.1. The Labute approximate surface area is 115 Å². The molecule has 1 aliphatic heterocycles. The number of rotatable bonds is 4. The van der Waals surface area contributed by atoms with Crippen LogP contribution < -0.4 is 10.6 Å². The molecule has 2 nitrogen and oxygen atoms in total. The van der Waals surface area contributed by atoms with Crippen LogP contribution in [0.15, 0.2) is 18.2 Å². The number of benzene rings is 1. The zero-order chi connectivity index (χ0) is 13.9. The molecule has 0 saturated carbocycles. The van der Waals surface area contributed by atoms with Gasteiger partial charge in [0.2, 0.25) is 0 Å². The van der Waals surface area contributed by atoms with Crippen molar-refractivity contribution in [1.82, 2.24) is 0 Å². The van der Waals surface area contributed by atoms with E-state index >= 15 is 0 Å². The summed E-state index contributed by atoms with van der Waals surface area (Å²) in [6, 6.07) is 5.34. The van der Waals surface area contributed by atoms with E-state index in [1.807, 2.05) is 6.07 Å². The van der Waals surface area contributed by atoms with E-state index in [9.17, 15) is 4.39 Å². The molecule has 1 aromatic rings. The Kier molecular flexibility index (Phi) is 4.46. The molecule has 106 valence electrons. The Morgan fingerprint density at radius 2 is 2.00 bits per heavy atom. The summed E-state index contributed by atoms with van der Waals surface area (Å²) in [6.07, 6.45) is 4.22. The molecule has 0 atom stereocenters. The number of para-hydroxylation sites is 1. The maximum Gasteiger partial charge on any atom is 0.146 e. The van der Waals surface area contributed by atoms with Crippen molar-refractivity contribution in [2.24, 2.45) is 11.1 Å². The smallest absolute Gasteiger partial charge is 0.146 e. The first-order valence-electron chi connectivity index (χ1n) is 7.32. The maximum absolute atomic E-state index is 14.1. The van der Waals surface area contributed by atoms with Crippen LogP contribution in [0.4, 0.5) is 10.1 Å². The molecule has 0 aromatic heterocycles. The van der Waals surface area contributed by atoms with Gasteiger partial charge in [0.1, 0.15) is 5.82 Å². The minimum absolute atomic E-state index is 0.106. The summed E-state index contributed by atoms with van der Waals surface area (Å²) in [5.41, 5.74) is 7.89. The molecular weight excluding hydrogens is 239 g/mol. The highest BCUT2D eigenvalue weighted by molar-refractivity contribution is 5.55. The SMILES string of the molecule is CCC1(C)CCN(c2c(F)cccc2CCN)CC1. The van der Waals surface area contributed by atoms with Crippen LogP contribution in [-0.4, -0.2) is 19.6 Å². The molecule has 0 radical (unpaired) electrons. The van der Waals surface area contributed by atoms with Crippen LogP contribution in [0.1, 0.15) is 38.7 Å². The highest BCUT2D eigenvalue weighted by atomic mass is 19.1. The number of nitrogens with two attached hydrogens (primary N) is 1. The molecule has 0 unspecified atom stereocenters. The van der Waals surface area contributed by atoms with Crippen LogP contribution in [0.25, 0.3) is 0 Å². The highest BCUT2D eigenvalue weighted by Gasteiger charge is 2.29. The van der Waals surface area contributed by atoms with Gasteiger partial charge in [-0.25, -0.2) is 4.39 Å². The minimum Gasteiger partial charge on any atom is -0.369 e. The van der Waals surface area contributed by atoms with E-state index in [1.54, 1.807) is 12.1 Å². The predicted octanol–water partition coefficient (Wildman–Crippen LogP) is 3.34. The van der Waals surface area contributed by atoms with Gasteiger partial charge >= 0.3 is 0 Å². The number of piperidine rings is 1. The number of nitrogens with zero attached hydrogens (tertiary/aromatic N) is 1. The lowest BCUT2D eigenvalue weighted by Crippen LogP contribution is -2.39. The van der Waals surface area contributed by atoms with Gasteiger partial charge in [-0.1, -0.05) is 32.4 Å². The Hall–Kier alpha value is -1.09. The molecule has 19 heavy (non-hydrogen) atoms. The van der Waals surface area contributed by atoms with Crippen LogP contribution in [0.2, 0.25) is 0 Å². The van der Waals surface area contributed by atoms with E-state index in [1.165, 1.54) is 6.42 Å². The molecule has 1 saturated heterocycles. The Morgan fingerprint density at radius 1 is 1.32 bits per heavy atom. The van der Waals surface area contributed by atoms with Crippen LogP contribution in [0.5, 0.6) is 0 Å². The first-order chi connectivity index (χ1) is 9.09. The summed E-state index contributed by atoms with van der Waals surface area (Å²) in [4.78, 5) is 2.21. The fraction of sp³-hybridized carbons (Fsp3) is 0.625. The van der Waals surface area contributed by atoms with Crippen molar-refractivity contribution >= 4 is 5.69 Å². The average molecular weight is 264 g/mol. The van der Waals surface area contributed by atoms with Crippen molar-refractivity contribution < 1.29 is 4.39 Å². The minimum atomic E-state index is -0.106. The lowest BCUT2D eigenvalue weighted by molar-refractivity contribution is 0.237. The summed E-state index contributed by atoms with van der Waals surface area (Å²) in [5.74, 6) is -0.106. The van der Waals surface area contributed by atoms with Gasteiger partial charge in [-0.2, -0.15) is 0 Å². The predicted molar refractivity (Wildman–Crippen MR) is 79.0 cm³/mol. The molecule has 1 aliphatic rings. The number of halogens is 1. The third-order valence-electron chi connectivity index (χ3n) is 4.62. The van der Waals surface area contributed by atoms with Crippen LogP contribution in [-0.2, 0) is 6.42 Å². The van der Waals surface area contributed by atoms with Gasteiger partial charge in [-0.15, -0.1) is 0 Å². The highest BCUT2D eigenvalue weighted by Crippen LogP contribution is 2.37. The van der Waals surface area contributed by atoms with Crippen LogP contribution in [0.3, 0.4) is 0 Å². The van der Waals surface area contributed by atoms with E-state index in [0.717, 1.165) is 43.6 Å². The monoisotopic (exact) mass is 264 g/mol. The fourth-order valence-electron chi connectivity index (χ4n) is 2.90. The van der Waals surface area contributed by atoms with E-state index in [-0.39, 0.29) is 5.82 Å². The van der Waals surface area contributed by atoms with Crippen molar-refractivity contribution in [3.8, 4) is 0 Å². The van der Waals surface area contributed by atoms with Gasteiger partial charge in [-0.05, 0) is 42.9 Å². The van der Waals surface area contributed by atoms with Crippen LogP contribution >= 0.6 is 0 Å². The Balaban J connectivity index is 2.19. The number of hydrogen-bond donors (Lipinski definition) is 1. The van der Waals surface area contributed by atoms with Crippen LogP contribution in [0, 0.1) is 11.2 Å². The Morgan fingerprint density at radius 3 is 2.58 bits per heavy atom. The molecule has 1 aromatic carbocycles. The topological polar surface area (TPSA) is 29.3 Å². The third kappa shape index (κ3) is 3.08. The maximum atomic E-state index is 14.1. The number of anilines is 1. The van der Waals surface area contributed by atoms with Gasteiger partial charge in [-0.3, -0.25) is 0 Å². The molecule has 1 fully saturated rings. The third-order valence-corrected chi connectivity index (χ3v) is 4.62. The quantitative estimate of drug-likeness (QED) is 0.903. The average Bonchev–Trinajstić information content (AvgIpc) is 2.41. The molecule has 2 N–H and O–H groups in total. The first-order valence-corrected chi connectivity index (χ1v) is 7.32. The van der Waals surface area contributed by atoms with E-state index in [0.29, 0.717) is 12.0 Å². The molecule has 3 heteroatoms. The normalized spacial score (nSPS) is 18.6. The summed E-state index contributed by atoms with van der Waals surface area (Å²) in [7, 11) is 0. The van der Waals surface area contributed by atoms with Crippen molar-refractivity contribution in [1.29, 1.82) is 0 Å². The molecule has 0 amide bonds.